The van der Waals surface area contributed by atoms with Gasteiger partial charge in [0, 0.05) is 18.2 Å². The van der Waals surface area contributed by atoms with Crippen molar-refractivity contribution < 1.29 is 4.52 Å². The van der Waals surface area contributed by atoms with E-state index in [2.05, 4.69) is 60.2 Å². The second-order valence-corrected chi connectivity index (χ2v) is 8.46. The lowest BCUT2D eigenvalue weighted by molar-refractivity contribution is 0.122. The minimum atomic E-state index is 0.373. The van der Waals surface area contributed by atoms with Crippen LogP contribution >= 0.6 is 0 Å². The quantitative estimate of drug-likeness (QED) is 0.827. The minimum Gasteiger partial charge on any atom is -0.361 e. The fourth-order valence-corrected chi connectivity index (χ4v) is 5.12. The van der Waals surface area contributed by atoms with Gasteiger partial charge in [-0.1, -0.05) is 29.4 Å². The number of benzene rings is 1. The second kappa shape index (κ2) is 6.82. The SMILES string of the molecule is Cc1noc(C)c1CN1CCC2(CCC(N(C)C)c3ccccc32)CC1. The van der Waals surface area contributed by atoms with Crippen LogP contribution in [0.1, 0.15) is 59.9 Å². The minimum absolute atomic E-state index is 0.373. The molecule has 2 aliphatic rings. The molecular formula is C22H31N3O. The Morgan fingerprint density at radius 1 is 1.15 bits per heavy atom. The van der Waals surface area contributed by atoms with E-state index in [0.29, 0.717) is 11.5 Å². The van der Waals surface area contributed by atoms with Crippen molar-refractivity contribution in [3.05, 3.63) is 52.4 Å². The third kappa shape index (κ3) is 2.99. The zero-order valence-corrected chi connectivity index (χ0v) is 16.6. The summed E-state index contributed by atoms with van der Waals surface area (Å²) in [5.74, 6) is 0.972. The van der Waals surface area contributed by atoms with Gasteiger partial charge in [-0.25, -0.2) is 0 Å². The Hall–Kier alpha value is -1.65. The highest BCUT2D eigenvalue weighted by molar-refractivity contribution is 5.39. The fourth-order valence-electron chi connectivity index (χ4n) is 5.12. The molecule has 2 heterocycles. The van der Waals surface area contributed by atoms with Crippen LogP contribution in [0.4, 0.5) is 0 Å². The van der Waals surface area contributed by atoms with Crippen molar-refractivity contribution in [3.8, 4) is 0 Å². The molecular weight excluding hydrogens is 322 g/mol. The standard InChI is InChI=1S/C22H31N3O/c1-16-19(17(2)26-23-16)15-25-13-11-22(12-14-25)10-9-21(24(3)4)18-7-5-6-8-20(18)22/h5-8,21H,9-15H2,1-4H3. The van der Waals surface area contributed by atoms with Crippen LogP contribution in [0.3, 0.4) is 0 Å². The molecule has 0 radical (unpaired) electrons. The van der Waals surface area contributed by atoms with Gasteiger partial charge < -0.3 is 9.42 Å². The van der Waals surface area contributed by atoms with E-state index in [1.54, 1.807) is 11.1 Å². The van der Waals surface area contributed by atoms with Gasteiger partial charge in [0.2, 0.25) is 0 Å². The molecule has 140 valence electrons. The number of rotatable bonds is 3. The van der Waals surface area contributed by atoms with Gasteiger partial charge >= 0.3 is 0 Å². The molecule has 1 spiro atoms. The first-order valence-corrected chi connectivity index (χ1v) is 9.90. The van der Waals surface area contributed by atoms with Crippen LogP contribution in [0.25, 0.3) is 0 Å². The molecule has 1 atom stereocenters. The molecule has 4 heteroatoms. The Labute approximate surface area is 157 Å². The lowest BCUT2D eigenvalue weighted by Crippen LogP contribution is -2.45. The Bertz CT molecular complexity index is 752. The molecule has 4 nitrogen and oxygen atoms in total. The molecule has 1 aliphatic carbocycles. The molecule has 1 saturated heterocycles. The number of hydrogen-bond acceptors (Lipinski definition) is 4. The van der Waals surface area contributed by atoms with Crippen molar-refractivity contribution in [2.45, 2.75) is 57.5 Å². The van der Waals surface area contributed by atoms with Gasteiger partial charge in [0.15, 0.2) is 0 Å². The number of aryl methyl sites for hydroxylation is 2. The maximum atomic E-state index is 5.35. The molecule has 0 N–H and O–H groups in total. The normalized spacial score (nSPS) is 22.7. The molecule has 4 rings (SSSR count). The monoisotopic (exact) mass is 353 g/mol. The van der Waals surface area contributed by atoms with Crippen molar-refractivity contribution in [2.24, 2.45) is 0 Å². The number of aromatic nitrogens is 1. The van der Waals surface area contributed by atoms with Crippen LogP contribution in [-0.2, 0) is 12.0 Å². The fraction of sp³-hybridized carbons (Fsp3) is 0.591. The van der Waals surface area contributed by atoms with E-state index in [4.69, 9.17) is 4.52 Å². The third-order valence-electron chi connectivity index (χ3n) is 6.79. The van der Waals surface area contributed by atoms with Crippen LogP contribution in [0.15, 0.2) is 28.8 Å². The predicted molar refractivity (Wildman–Crippen MR) is 104 cm³/mol. The highest BCUT2D eigenvalue weighted by Crippen LogP contribution is 2.49. The molecule has 1 aromatic heterocycles. The summed E-state index contributed by atoms with van der Waals surface area (Å²) in [5, 5.41) is 4.11. The first-order chi connectivity index (χ1) is 12.5. The highest BCUT2D eigenvalue weighted by Gasteiger charge is 2.42. The van der Waals surface area contributed by atoms with Crippen molar-refractivity contribution in [3.63, 3.8) is 0 Å². The zero-order valence-electron chi connectivity index (χ0n) is 16.6. The lowest BCUT2D eigenvalue weighted by atomic mass is 9.63. The topological polar surface area (TPSA) is 32.5 Å². The van der Waals surface area contributed by atoms with E-state index < -0.39 is 0 Å². The van der Waals surface area contributed by atoms with Crippen LogP contribution < -0.4 is 0 Å². The van der Waals surface area contributed by atoms with Crippen molar-refractivity contribution in [1.29, 1.82) is 0 Å². The van der Waals surface area contributed by atoms with Crippen molar-refractivity contribution >= 4 is 0 Å². The molecule has 2 aromatic rings. The molecule has 0 amide bonds. The summed E-state index contributed by atoms with van der Waals surface area (Å²) in [6, 6.07) is 9.76. The number of likely N-dealkylation sites (tertiary alicyclic amines) is 1. The van der Waals surface area contributed by atoms with E-state index >= 15 is 0 Å². The maximum Gasteiger partial charge on any atom is 0.138 e. The van der Waals surface area contributed by atoms with Gasteiger partial charge in [0.25, 0.3) is 0 Å². The maximum absolute atomic E-state index is 5.35. The first-order valence-electron chi connectivity index (χ1n) is 9.90. The van der Waals surface area contributed by atoms with Gasteiger partial charge in [0.1, 0.15) is 5.76 Å². The zero-order chi connectivity index (χ0) is 18.3. The molecule has 1 aromatic carbocycles. The Balaban J connectivity index is 1.52. The Kier molecular flexibility index (Phi) is 4.66. The van der Waals surface area contributed by atoms with Crippen LogP contribution in [0, 0.1) is 13.8 Å². The van der Waals surface area contributed by atoms with Gasteiger partial charge in [-0.05, 0) is 83.3 Å². The lowest BCUT2D eigenvalue weighted by Gasteiger charge is -2.48. The first kappa shape index (κ1) is 17.7. The van der Waals surface area contributed by atoms with E-state index in [9.17, 15) is 0 Å². The summed E-state index contributed by atoms with van der Waals surface area (Å²) >= 11 is 0. The van der Waals surface area contributed by atoms with Gasteiger partial charge in [-0.2, -0.15) is 0 Å². The Morgan fingerprint density at radius 2 is 1.88 bits per heavy atom. The summed E-state index contributed by atoms with van der Waals surface area (Å²) in [4.78, 5) is 4.97. The number of nitrogens with zero attached hydrogens (tertiary/aromatic N) is 3. The van der Waals surface area contributed by atoms with Gasteiger partial charge in [-0.15, -0.1) is 0 Å². The molecule has 1 fully saturated rings. The summed E-state index contributed by atoms with van der Waals surface area (Å²) in [6.07, 6.45) is 5.10. The molecule has 1 aliphatic heterocycles. The average Bonchev–Trinajstić information content (AvgIpc) is 2.96. The third-order valence-corrected chi connectivity index (χ3v) is 6.79. The highest BCUT2D eigenvalue weighted by atomic mass is 16.5. The number of piperidine rings is 1. The van der Waals surface area contributed by atoms with E-state index in [1.165, 1.54) is 31.2 Å². The predicted octanol–water partition coefficient (Wildman–Crippen LogP) is 4.22. The number of hydrogen-bond donors (Lipinski definition) is 0. The van der Waals surface area contributed by atoms with Crippen LogP contribution in [-0.4, -0.2) is 42.1 Å². The average molecular weight is 354 g/mol. The molecule has 26 heavy (non-hydrogen) atoms. The summed E-state index contributed by atoms with van der Waals surface area (Å²) < 4.78 is 5.35. The van der Waals surface area contributed by atoms with E-state index in [-0.39, 0.29) is 0 Å². The molecule has 0 bridgehead atoms. The van der Waals surface area contributed by atoms with Crippen LogP contribution in [0.5, 0.6) is 0 Å². The van der Waals surface area contributed by atoms with Crippen molar-refractivity contribution in [1.82, 2.24) is 15.0 Å². The largest absolute Gasteiger partial charge is 0.361 e. The van der Waals surface area contributed by atoms with E-state index in [1.807, 2.05) is 6.92 Å². The van der Waals surface area contributed by atoms with Crippen LogP contribution in [0.2, 0.25) is 0 Å². The van der Waals surface area contributed by atoms with Gasteiger partial charge in [0.05, 0.1) is 5.69 Å². The number of fused-ring (bicyclic) bond motifs is 2. The summed E-state index contributed by atoms with van der Waals surface area (Å²) in [7, 11) is 4.43. The summed E-state index contributed by atoms with van der Waals surface area (Å²) in [5.41, 5.74) is 5.86. The summed E-state index contributed by atoms with van der Waals surface area (Å²) in [6.45, 7) is 7.37. The van der Waals surface area contributed by atoms with Crippen molar-refractivity contribution in [2.75, 3.05) is 27.2 Å². The van der Waals surface area contributed by atoms with E-state index in [0.717, 1.165) is 31.1 Å². The Morgan fingerprint density at radius 3 is 2.54 bits per heavy atom. The second-order valence-electron chi connectivity index (χ2n) is 8.46. The van der Waals surface area contributed by atoms with Gasteiger partial charge in [-0.3, -0.25) is 4.90 Å². The molecule has 0 saturated carbocycles. The smallest absolute Gasteiger partial charge is 0.138 e. The molecule has 1 unspecified atom stereocenters.